The fraction of sp³-hybridized carbons (Fsp3) is 0.179. The minimum Gasteiger partial charge on any atom is -0.329 e. The number of para-hydroxylation sites is 1. The van der Waals surface area contributed by atoms with Gasteiger partial charge in [-0.15, -0.1) is 0 Å². The van der Waals surface area contributed by atoms with Gasteiger partial charge >= 0.3 is 0 Å². The lowest BCUT2D eigenvalue weighted by Crippen LogP contribution is -2.39. The molecule has 1 N–H and O–H groups in total. The van der Waals surface area contributed by atoms with Crippen LogP contribution in [0.2, 0.25) is 5.02 Å². The van der Waals surface area contributed by atoms with E-state index in [9.17, 15) is 9.59 Å². The second-order valence-corrected chi connectivity index (χ2v) is 8.60. The number of aromatic nitrogens is 2. The second kappa shape index (κ2) is 11.5. The largest absolute Gasteiger partial charge is 0.329 e. The maximum Gasteiger partial charge on any atom is 0.254 e. The summed E-state index contributed by atoms with van der Waals surface area (Å²) in [5.41, 5.74) is 3.01. The zero-order valence-corrected chi connectivity index (χ0v) is 20.3. The molecule has 178 valence electrons. The maximum atomic E-state index is 13.1. The molecule has 2 amide bonds. The lowest BCUT2D eigenvalue weighted by atomic mass is 10.1. The van der Waals surface area contributed by atoms with E-state index in [1.807, 2.05) is 66.7 Å². The minimum atomic E-state index is -0.292. The highest BCUT2D eigenvalue weighted by Crippen LogP contribution is 2.25. The third-order valence-corrected chi connectivity index (χ3v) is 5.79. The highest BCUT2D eigenvalue weighted by atomic mass is 35.5. The van der Waals surface area contributed by atoms with E-state index < -0.39 is 0 Å². The number of anilines is 1. The molecule has 0 aliphatic heterocycles. The molecule has 6 nitrogen and oxygen atoms in total. The average molecular weight is 487 g/mol. The molecule has 0 atom stereocenters. The summed E-state index contributed by atoms with van der Waals surface area (Å²) >= 11 is 5.97. The van der Waals surface area contributed by atoms with Crippen LogP contribution in [0.15, 0.2) is 91.0 Å². The van der Waals surface area contributed by atoms with E-state index in [4.69, 9.17) is 16.7 Å². The first-order chi connectivity index (χ1) is 17.0. The van der Waals surface area contributed by atoms with Crippen LogP contribution in [0.4, 0.5) is 5.82 Å². The third kappa shape index (κ3) is 6.16. The molecule has 0 saturated heterocycles. The van der Waals surface area contributed by atoms with Crippen LogP contribution < -0.4 is 5.32 Å². The Morgan fingerprint density at radius 1 is 0.943 bits per heavy atom. The van der Waals surface area contributed by atoms with Crippen LogP contribution in [-0.2, 0) is 4.79 Å². The van der Waals surface area contributed by atoms with Crippen molar-refractivity contribution >= 4 is 29.2 Å². The van der Waals surface area contributed by atoms with E-state index in [0.29, 0.717) is 22.9 Å². The molecule has 0 radical (unpaired) electrons. The smallest absolute Gasteiger partial charge is 0.254 e. The molecule has 0 aliphatic rings. The van der Waals surface area contributed by atoms with Gasteiger partial charge in [-0.25, -0.2) is 4.68 Å². The fourth-order valence-electron chi connectivity index (χ4n) is 3.72. The quantitative estimate of drug-likeness (QED) is 0.312. The number of hydrogen-bond donors (Lipinski definition) is 1. The van der Waals surface area contributed by atoms with Crippen molar-refractivity contribution in [3.8, 4) is 16.9 Å². The summed E-state index contributed by atoms with van der Waals surface area (Å²) in [4.78, 5) is 27.8. The number of amides is 2. The number of hydrogen-bond acceptors (Lipinski definition) is 3. The minimum absolute atomic E-state index is 0.0674. The summed E-state index contributed by atoms with van der Waals surface area (Å²) in [5.74, 6) is 0.0429. The third-order valence-electron chi connectivity index (χ3n) is 5.54. The van der Waals surface area contributed by atoms with Gasteiger partial charge in [0.05, 0.1) is 11.4 Å². The van der Waals surface area contributed by atoms with E-state index >= 15 is 0 Å². The van der Waals surface area contributed by atoms with Crippen LogP contribution in [0.25, 0.3) is 16.9 Å². The van der Waals surface area contributed by atoms with Gasteiger partial charge in [0, 0.05) is 28.8 Å². The van der Waals surface area contributed by atoms with Gasteiger partial charge in [0.15, 0.2) is 0 Å². The van der Waals surface area contributed by atoms with Crippen molar-refractivity contribution < 1.29 is 9.59 Å². The average Bonchev–Trinajstić information content (AvgIpc) is 3.31. The Bertz CT molecular complexity index is 1270. The molecule has 0 bridgehead atoms. The van der Waals surface area contributed by atoms with Crippen molar-refractivity contribution in [3.05, 3.63) is 102 Å². The first kappa shape index (κ1) is 24.2. The molecule has 0 aliphatic carbocycles. The van der Waals surface area contributed by atoms with Gasteiger partial charge in [0.25, 0.3) is 5.91 Å². The van der Waals surface area contributed by atoms with Crippen LogP contribution >= 0.6 is 11.6 Å². The summed E-state index contributed by atoms with van der Waals surface area (Å²) in [6.07, 6.45) is 1.71. The van der Waals surface area contributed by atoms with Gasteiger partial charge in [-0.05, 0) is 42.8 Å². The zero-order valence-electron chi connectivity index (χ0n) is 19.5. The summed E-state index contributed by atoms with van der Waals surface area (Å²) in [6, 6.07) is 28.0. The molecule has 0 saturated carbocycles. The lowest BCUT2D eigenvalue weighted by Gasteiger charge is -2.22. The Morgan fingerprint density at radius 3 is 2.26 bits per heavy atom. The van der Waals surface area contributed by atoms with Gasteiger partial charge in [-0.2, -0.15) is 5.10 Å². The maximum absolute atomic E-state index is 13.1. The van der Waals surface area contributed by atoms with Crippen molar-refractivity contribution in [2.24, 2.45) is 0 Å². The number of unbranched alkanes of at least 4 members (excludes halogenated alkanes) is 1. The van der Waals surface area contributed by atoms with E-state index in [2.05, 4.69) is 12.2 Å². The Morgan fingerprint density at radius 2 is 1.60 bits per heavy atom. The van der Waals surface area contributed by atoms with Crippen LogP contribution in [0.1, 0.15) is 30.1 Å². The summed E-state index contributed by atoms with van der Waals surface area (Å²) in [6.45, 7) is 2.47. The molecule has 4 rings (SSSR count). The number of nitrogens with one attached hydrogen (secondary N) is 1. The molecular formula is C28H27ClN4O2. The van der Waals surface area contributed by atoms with Crippen molar-refractivity contribution in [1.29, 1.82) is 0 Å². The van der Waals surface area contributed by atoms with Crippen molar-refractivity contribution in [2.75, 3.05) is 18.4 Å². The summed E-state index contributed by atoms with van der Waals surface area (Å²) in [5, 5.41) is 8.26. The number of carbonyl (C=O) groups is 2. The molecule has 1 heterocycles. The standard InChI is InChI=1S/C28H27ClN4O2/c1-2-3-18-32(28(35)22-14-16-23(29)17-15-22)20-27(34)30-26-19-25(21-10-6-4-7-11-21)31-33(26)24-12-8-5-9-13-24/h4-17,19H,2-3,18,20H2,1H3,(H,30,34). The molecule has 7 heteroatoms. The second-order valence-electron chi connectivity index (χ2n) is 8.16. The molecule has 3 aromatic carbocycles. The van der Waals surface area contributed by atoms with Gasteiger partial charge < -0.3 is 10.2 Å². The molecule has 35 heavy (non-hydrogen) atoms. The predicted octanol–water partition coefficient (Wildman–Crippen LogP) is 6.07. The zero-order chi connectivity index (χ0) is 24.6. The number of nitrogens with zero attached hydrogens (tertiary/aromatic N) is 3. The van der Waals surface area contributed by atoms with Gasteiger partial charge in [-0.1, -0.05) is 73.5 Å². The summed E-state index contributed by atoms with van der Waals surface area (Å²) < 4.78 is 1.71. The Labute approximate surface area is 210 Å². The van der Waals surface area contributed by atoms with Gasteiger partial charge in [0.1, 0.15) is 12.4 Å². The van der Waals surface area contributed by atoms with Crippen molar-refractivity contribution in [3.63, 3.8) is 0 Å². The van der Waals surface area contributed by atoms with E-state index in [1.165, 1.54) is 0 Å². The SMILES string of the molecule is CCCCN(CC(=O)Nc1cc(-c2ccccc2)nn1-c1ccccc1)C(=O)c1ccc(Cl)cc1. The molecule has 0 unspecified atom stereocenters. The number of rotatable bonds is 9. The van der Waals surface area contributed by atoms with E-state index in [-0.39, 0.29) is 18.4 Å². The monoisotopic (exact) mass is 486 g/mol. The van der Waals surface area contributed by atoms with Gasteiger partial charge in [0.2, 0.25) is 5.91 Å². The molecule has 0 spiro atoms. The van der Waals surface area contributed by atoms with Crippen LogP contribution in [0.3, 0.4) is 0 Å². The van der Waals surface area contributed by atoms with Crippen molar-refractivity contribution in [1.82, 2.24) is 14.7 Å². The molecule has 0 fully saturated rings. The Balaban J connectivity index is 1.58. The lowest BCUT2D eigenvalue weighted by molar-refractivity contribution is -0.116. The fourth-order valence-corrected chi connectivity index (χ4v) is 3.84. The van der Waals surface area contributed by atoms with E-state index in [1.54, 1.807) is 33.8 Å². The highest BCUT2D eigenvalue weighted by Gasteiger charge is 2.20. The first-order valence-electron chi connectivity index (χ1n) is 11.6. The van der Waals surface area contributed by atoms with Crippen LogP contribution in [0, 0.1) is 0 Å². The Kier molecular flexibility index (Phi) is 7.95. The number of halogens is 1. The molecule has 1 aromatic heterocycles. The summed E-state index contributed by atoms with van der Waals surface area (Å²) in [7, 11) is 0. The highest BCUT2D eigenvalue weighted by molar-refractivity contribution is 6.30. The molecule has 4 aromatic rings. The predicted molar refractivity (Wildman–Crippen MR) is 140 cm³/mol. The normalized spacial score (nSPS) is 10.7. The van der Waals surface area contributed by atoms with Crippen LogP contribution in [0.5, 0.6) is 0 Å². The topological polar surface area (TPSA) is 67.2 Å². The van der Waals surface area contributed by atoms with Crippen LogP contribution in [-0.4, -0.2) is 39.6 Å². The number of benzene rings is 3. The van der Waals surface area contributed by atoms with Gasteiger partial charge in [-0.3, -0.25) is 9.59 Å². The molecular weight excluding hydrogens is 460 g/mol. The van der Waals surface area contributed by atoms with Crippen molar-refractivity contribution in [2.45, 2.75) is 19.8 Å². The van der Waals surface area contributed by atoms with E-state index in [0.717, 1.165) is 29.8 Å². The first-order valence-corrected chi connectivity index (χ1v) is 12.0. The Hall–Kier alpha value is -3.90. The number of carbonyl (C=O) groups excluding carboxylic acids is 2.